The second-order valence-corrected chi connectivity index (χ2v) is 7.13. The molecule has 102 valence electrons. The van der Waals surface area contributed by atoms with Crippen LogP contribution < -0.4 is 5.32 Å². The normalized spacial score (nSPS) is 27.2. The molecule has 1 N–H and O–H groups in total. The molecule has 2 unspecified atom stereocenters. The molecule has 1 aliphatic rings. The van der Waals surface area contributed by atoms with Crippen molar-refractivity contribution in [2.45, 2.75) is 26.0 Å². The van der Waals surface area contributed by atoms with E-state index in [1.165, 1.54) is 6.26 Å². The van der Waals surface area contributed by atoms with Crippen LogP contribution in [0.15, 0.2) is 0 Å². The Morgan fingerprint density at radius 1 is 1.35 bits per heavy atom. The maximum atomic E-state index is 10.9. The van der Waals surface area contributed by atoms with E-state index in [-0.39, 0.29) is 5.75 Å². The minimum atomic E-state index is -2.85. The van der Waals surface area contributed by atoms with Gasteiger partial charge in [0.1, 0.15) is 9.84 Å². The number of nitrogens with zero attached hydrogens (tertiary/aromatic N) is 1. The highest BCUT2D eigenvalue weighted by Gasteiger charge is 2.22. The largest absolute Gasteiger partial charge is 0.376 e. The van der Waals surface area contributed by atoms with Crippen molar-refractivity contribution in [3.05, 3.63) is 0 Å². The molecule has 5 nitrogen and oxygen atoms in total. The number of rotatable bonds is 6. The van der Waals surface area contributed by atoms with Gasteiger partial charge >= 0.3 is 0 Å². The first kappa shape index (κ1) is 14.9. The minimum absolute atomic E-state index is 0.210. The molecule has 6 heteroatoms. The highest BCUT2D eigenvalue weighted by atomic mass is 32.2. The van der Waals surface area contributed by atoms with Gasteiger partial charge in [-0.25, -0.2) is 8.42 Å². The molecule has 0 amide bonds. The summed E-state index contributed by atoms with van der Waals surface area (Å²) in [5.74, 6) is 0.210. The van der Waals surface area contributed by atoms with Gasteiger partial charge < -0.3 is 10.1 Å². The SMILES string of the molecule is CC1CN(CCNCCS(C)(=O)=O)C(C)CO1. The van der Waals surface area contributed by atoms with Crippen LogP contribution in [0.5, 0.6) is 0 Å². The number of hydrogen-bond donors (Lipinski definition) is 1. The smallest absolute Gasteiger partial charge is 0.148 e. The number of sulfone groups is 1. The Hall–Kier alpha value is -0.170. The van der Waals surface area contributed by atoms with Gasteiger partial charge in [0.15, 0.2) is 0 Å². The maximum Gasteiger partial charge on any atom is 0.148 e. The predicted octanol–water partition coefficient (Wildman–Crippen LogP) is -0.270. The molecule has 0 saturated carbocycles. The Balaban J connectivity index is 2.13. The minimum Gasteiger partial charge on any atom is -0.376 e. The Morgan fingerprint density at radius 3 is 2.71 bits per heavy atom. The summed E-state index contributed by atoms with van der Waals surface area (Å²) >= 11 is 0. The van der Waals surface area contributed by atoms with E-state index < -0.39 is 9.84 Å². The zero-order chi connectivity index (χ0) is 12.9. The standard InChI is InChI=1S/C11H24N2O3S/c1-10-9-16-11(2)8-13(10)6-4-12-5-7-17(3,14)15/h10-12H,4-9H2,1-3H3. The summed E-state index contributed by atoms with van der Waals surface area (Å²) < 4.78 is 27.4. The fourth-order valence-corrected chi connectivity index (χ4v) is 2.40. The third kappa shape index (κ3) is 6.35. The molecule has 0 spiro atoms. The van der Waals surface area contributed by atoms with E-state index in [9.17, 15) is 8.42 Å². The highest BCUT2D eigenvalue weighted by Crippen LogP contribution is 2.09. The molecule has 1 heterocycles. The van der Waals surface area contributed by atoms with Gasteiger partial charge in [0.2, 0.25) is 0 Å². The topological polar surface area (TPSA) is 58.6 Å². The molecule has 17 heavy (non-hydrogen) atoms. The van der Waals surface area contributed by atoms with Crippen molar-refractivity contribution in [1.82, 2.24) is 10.2 Å². The Kier molecular flexibility index (Phi) is 5.85. The van der Waals surface area contributed by atoms with Gasteiger partial charge in [0.25, 0.3) is 0 Å². The average molecular weight is 264 g/mol. The predicted molar refractivity (Wildman–Crippen MR) is 69.0 cm³/mol. The monoisotopic (exact) mass is 264 g/mol. The molecule has 0 aromatic rings. The number of nitrogens with one attached hydrogen (secondary N) is 1. The van der Waals surface area contributed by atoms with Crippen LogP contribution in [0.25, 0.3) is 0 Å². The first-order valence-electron chi connectivity index (χ1n) is 6.12. The fourth-order valence-electron chi connectivity index (χ4n) is 1.89. The summed E-state index contributed by atoms with van der Waals surface area (Å²) in [4.78, 5) is 2.38. The number of ether oxygens (including phenoxy) is 1. The molecular weight excluding hydrogens is 240 g/mol. The zero-order valence-electron chi connectivity index (χ0n) is 11.0. The van der Waals surface area contributed by atoms with Crippen LogP contribution in [-0.2, 0) is 14.6 Å². The van der Waals surface area contributed by atoms with E-state index >= 15 is 0 Å². The van der Waals surface area contributed by atoms with Crippen molar-refractivity contribution in [3.8, 4) is 0 Å². The molecule has 2 atom stereocenters. The molecule has 1 saturated heterocycles. The van der Waals surface area contributed by atoms with Gasteiger partial charge in [-0.3, -0.25) is 4.90 Å². The van der Waals surface area contributed by atoms with E-state index in [4.69, 9.17) is 4.74 Å². The van der Waals surface area contributed by atoms with Gasteiger partial charge in [-0.2, -0.15) is 0 Å². The van der Waals surface area contributed by atoms with Crippen molar-refractivity contribution >= 4 is 9.84 Å². The molecule has 0 bridgehead atoms. The Labute approximate surface area is 104 Å². The molecule has 0 radical (unpaired) electrons. The van der Waals surface area contributed by atoms with Crippen LogP contribution in [0.3, 0.4) is 0 Å². The highest BCUT2D eigenvalue weighted by molar-refractivity contribution is 7.90. The molecule has 0 aromatic carbocycles. The van der Waals surface area contributed by atoms with Crippen LogP contribution >= 0.6 is 0 Å². The van der Waals surface area contributed by atoms with E-state index in [1.807, 2.05) is 0 Å². The summed E-state index contributed by atoms with van der Waals surface area (Å²) in [7, 11) is -2.85. The molecule has 0 aliphatic carbocycles. The molecular formula is C11H24N2O3S. The van der Waals surface area contributed by atoms with Crippen LogP contribution in [0.1, 0.15) is 13.8 Å². The summed E-state index contributed by atoms with van der Waals surface area (Å²) in [6, 6.07) is 0.447. The van der Waals surface area contributed by atoms with Crippen molar-refractivity contribution in [2.24, 2.45) is 0 Å². The Morgan fingerprint density at radius 2 is 2.06 bits per heavy atom. The quantitative estimate of drug-likeness (QED) is 0.669. The summed E-state index contributed by atoms with van der Waals surface area (Å²) in [5, 5.41) is 3.16. The maximum absolute atomic E-state index is 10.9. The van der Waals surface area contributed by atoms with Gasteiger partial charge in [-0.1, -0.05) is 0 Å². The van der Waals surface area contributed by atoms with Gasteiger partial charge in [-0.15, -0.1) is 0 Å². The summed E-state index contributed by atoms with van der Waals surface area (Å²) in [6.07, 6.45) is 1.56. The first-order valence-corrected chi connectivity index (χ1v) is 8.18. The van der Waals surface area contributed by atoms with E-state index in [1.54, 1.807) is 0 Å². The third-order valence-electron chi connectivity index (χ3n) is 2.96. The lowest BCUT2D eigenvalue weighted by molar-refractivity contribution is -0.0485. The van der Waals surface area contributed by atoms with Crippen molar-refractivity contribution in [3.63, 3.8) is 0 Å². The fraction of sp³-hybridized carbons (Fsp3) is 1.00. The van der Waals surface area contributed by atoms with Crippen LogP contribution in [0, 0.1) is 0 Å². The third-order valence-corrected chi connectivity index (χ3v) is 3.91. The number of morpholine rings is 1. The molecule has 1 rings (SSSR count). The van der Waals surface area contributed by atoms with Crippen LogP contribution in [-0.4, -0.2) is 70.3 Å². The lowest BCUT2D eigenvalue weighted by Crippen LogP contribution is -2.49. The molecule has 0 aromatic heterocycles. The molecule has 1 fully saturated rings. The second kappa shape index (κ2) is 6.68. The zero-order valence-corrected chi connectivity index (χ0v) is 11.8. The van der Waals surface area contributed by atoms with Crippen molar-refractivity contribution in [2.75, 3.05) is 44.8 Å². The van der Waals surface area contributed by atoms with Crippen molar-refractivity contribution in [1.29, 1.82) is 0 Å². The van der Waals surface area contributed by atoms with Gasteiger partial charge in [-0.05, 0) is 13.8 Å². The average Bonchev–Trinajstić information content (AvgIpc) is 2.21. The first-order chi connectivity index (χ1) is 7.88. The summed E-state index contributed by atoms with van der Waals surface area (Å²) in [6.45, 7) is 8.27. The van der Waals surface area contributed by atoms with Crippen molar-refractivity contribution < 1.29 is 13.2 Å². The Bertz CT molecular complexity index is 319. The second-order valence-electron chi connectivity index (χ2n) is 4.87. The van der Waals surface area contributed by atoms with Crippen LogP contribution in [0.2, 0.25) is 0 Å². The van der Waals surface area contributed by atoms with Gasteiger partial charge in [0, 0.05) is 38.5 Å². The lowest BCUT2D eigenvalue weighted by atomic mass is 10.2. The molecule has 1 aliphatic heterocycles. The van der Waals surface area contributed by atoms with E-state index in [2.05, 4.69) is 24.1 Å². The lowest BCUT2D eigenvalue weighted by Gasteiger charge is -2.36. The van der Waals surface area contributed by atoms with E-state index in [0.29, 0.717) is 18.7 Å². The number of hydrogen-bond acceptors (Lipinski definition) is 5. The summed E-state index contributed by atoms with van der Waals surface area (Å²) in [5.41, 5.74) is 0. The van der Waals surface area contributed by atoms with Crippen LogP contribution in [0.4, 0.5) is 0 Å². The van der Waals surface area contributed by atoms with E-state index in [0.717, 1.165) is 26.2 Å². The van der Waals surface area contributed by atoms with Gasteiger partial charge in [0.05, 0.1) is 18.5 Å².